The monoisotopic (exact) mass is 262 g/mol. The molecule has 1 fully saturated rings. The summed E-state index contributed by atoms with van der Waals surface area (Å²) in [6.07, 6.45) is 0. The normalized spacial score (nSPS) is 19.1. The smallest absolute Gasteiger partial charge is 0.337 e. The molecule has 102 valence electrons. The van der Waals surface area contributed by atoms with Crippen LogP contribution in [0.5, 0.6) is 0 Å². The molecule has 19 heavy (non-hydrogen) atoms. The third-order valence-corrected chi connectivity index (χ3v) is 3.34. The Hall–Kier alpha value is -1.88. The van der Waals surface area contributed by atoms with Gasteiger partial charge in [-0.05, 0) is 17.7 Å². The predicted octanol–water partition coefficient (Wildman–Crippen LogP) is 0.966. The molecule has 0 spiro atoms. The number of hydrogen-bond acceptors (Lipinski definition) is 4. The number of nitrogens with one attached hydrogen (secondary N) is 1. The highest BCUT2D eigenvalue weighted by atomic mass is 16.5. The lowest BCUT2D eigenvalue weighted by molar-refractivity contribution is -0.132. The highest BCUT2D eigenvalue weighted by Crippen LogP contribution is 2.23. The van der Waals surface area contributed by atoms with E-state index in [1.54, 1.807) is 19.1 Å². The molecule has 1 aliphatic rings. The Morgan fingerprint density at radius 2 is 2.21 bits per heavy atom. The van der Waals surface area contributed by atoms with Crippen molar-refractivity contribution in [2.24, 2.45) is 0 Å². The fraction of sp³-hybridized carbons (Fsp3) is 0.429. The molecular weight excluding hydrogens is 244 g/mol. The lowest BCUT2D eigenvalue weighted by Gasteiger charge is -2.36. The summed E-state index contributed by atoms with van der Waals surface area (Å²) >= 11 is 0. The lowest BCUT2D eigenvalue weighted by atomic mass is 10.0. The van der Waals surface area contributed by atoms with E-state index in [-0.39, 0.29) is 17.9 Å². The van der Waals surface area contributed by atoms with Crippen LogP contribution in [0.2, 0.25) is 0 Å². The molecular formula is C14H18N2O3. The van der Waals surface area contributed by atoms with Gasteiger partial charge in [-0.1, -0.05) is 12.1 Å². The van der Waals surface area contributed by atoms with Gasteiger partial charge in [0, 0.05) is 26.6 Å². The van der Waals surface area contributed by atoms with Gasteiger partial charge in [0.05, 0.1) is 18.7 Å². The molecule has 1 aromatic carbocycles. The topological polar surface area (TPSA) is 58.6 Å². The standard InChI is InChI=1S/C14H18N2O3/c1-10(17)16-7-6-15-9-13(16)11-4-3-5-12(8-11)14(18)19-2/h3-5,8,13,15H,6-7,9H2,1-2H3/t13-/m0/s1. The summed E-state index contributed by atoms with van der Waals surface area (Å²) in [6, 6.07) is 7.22. The zero-order valence-corrected chi connectivity index (χ0v) is 11.2. The van der Waals surface area contributed by atoms with Crippen LogP contribution in [0.25, 0.3) is 0 Å². The third kappa shape index (κ3) is 2.93. The zero-order valence-electron chi connectivity index (χ0n) is 11.2. The number of nitrogens with zero attached hydrogens (tertiary/aromatic N) is 1. The molecule has 0 aliphatic carbocycles. The van der Waals surface area contributed by atoms with E-state index in [0.717, 1.165) is 12.1 Å². The minimum absolute atomic E-state index is 0.0316. The molecule has 0 bridgehead atoms. The van der Waals surface area contributed by atoms with E-state index in [1.165, 1.54) is 7.11 Å². The first kappa shape index (κ1) is 13.5. The Kier molecular flexibility index (Phi) is 4.16. The van der Waals surface area contributed by atoms with Crippen LogP contribution in [0.3, 0.4) is 0 Å². The molecule has 1 aromatic rings. The molecule has 0 aromatic heterocycles. The van der Waals surface area contributed by atoms with Gasteiger partial charge in [-0.3, -0.25) is 4.79 Å². The van der Waals surface area contributed by atoms with Gasteiger partial charge < -0.3 is 15.0 Å². The van der Waals surface area contributed by atoms with E-state index in [0.29, 0.717) is 18.7 Å². The molecule has 2 rings (SSSR count). The maximum absolute atomic E-state index is 11.7. The van der Waals surface area contributed by atoms with Gasteiger partial charge in [0.25, 0.3) is 0 Å². The Bertz CT molecular complexity index is 487. The van der Waals surface area contributed by atoms with Crippen molar-refractivity contribution in [3.8, 4) is 0 Å². The van der Waals surface area contributed by atoms with Gasteiger partial charge in [-0.2, -0.15) is 0 Å². The minimum atomic E-state index is -0.361. The summed E-state index contributed by atoms with van der Waals surface area (Å²) in [4.78, 5) is 25.0. The number of rotatable bonds is 2. The first-order valence-corrected chi connectivity index (χ1v) is 6.29. The Labute approximate surface area is 112 Å². The molecule has 1 heterocycles. The van der Waals surface area contributed by atoms with Crippen molar-refractivity contribution in [3.05, 3.63) is 35.4 Å². The first-order chi connectivity index (χ1) is 9.13. The van der Waals surface area contributed by atoms with Gasteiger partial charge in [0.1, 0.15) is 0 Å². The van der Waals surface area contributed by atoms with Crippen LogP contribution < -0.4 is 5.32 Å². The number of piperazine rings is 1. The fourth-order valence-corrected chi connectivity index (χ4v) is 2.37. The first-order valence-electron chi connectivity index (χ1n) is 6.29. The molecule has 1 amide bonds. The van der Waals surface area contributed by atoms with Crippen molar-refractivity contribution < 1.29 is 14.3 Å². The van der Waals surface area contributed by atoms with Crippen molar-refractivity contribution in [2.75, 3.05) is 26.7 Å². The second-order valence-corrected chi connectivity index (χ2v) is 4.55. The van der Waals surface area contributed by atoms with Crippen LogP contribution in [0.1, 0.15) is 28.9 Å². The van der Waals surface area contributed by atoms with Gasteiger partial charge in [0.2, 0.25) is 5.91 Å². The van der Waals surface area contributed by atoms with Crippen molar-refractivity contribution in [1.29, 1.82) is 0 Å². The average Bonchev–Trinajstić information content (AvgIpc) is 2.46. The Balaban J connectivity index is 2.29. The van der Waals surface area contributed by atoms with Crippen molar-refractivity contribution in [1.82, 2.24) is 10.2 Å². The quantitative estimate of drug-likeness (QED) is 0.807. The van der Waals surface area contributed by atoms with E-state index in [1.807, 2.05) is 17.0 Å². The minimum Gasteiger partial charge on any atom is -0.465 e. The number of carbonyl (C=O) groups excluding carboxylic acids is 2. The summed E-state index contributed by atoms with van der Waals surface area (Å²) in [5, 5.41) is 3.27. The molecule has 1 saturated heterocycles. The van der Waals surface area contributed by atoms with Gasteiger partial charge in [0.15, 0.2) is 0 Å². The van der Waals surface area contributed by atoms with Gasteiger partial charge in [-0.25, -0.2) is 4.79 Å². The summed E-state index contributed by atoms with van der Waals surface area (Å²) in [6.45, 7) is 3.75. The number of amides is 1. The van der Waals surface area contributed by atoms with Crippen molar-refractivity contribution in [3.63, 3.8) is 0 Å². The molecule has 5 heteroatoms. The Morgan fingerprint density at radius 3 is 2.89 bits per heavy atom. The van der Waals surface area contributed by atoms with Gasteiger partial charge in [-0.15, -0.1) is 0 Å². The SMILES string of the molecule is COC(=O)c1cccc([C@@H]2CNCCN2C(C)=O)c1. The summed E-state index contributed by atoms with van der Waals surface area (Å²) in [5.74, 6) is -0.310. The van der Waals surface area contributed by atoms with Gasteiger partial charge >= 0.3 is 5.97 Å². The number of methoxy groups -OCH3 is 1. The number of ether oxygens (including phenoxy) is 1. The summed E-state index contributed by atoms with van der Waals surface area (Å²) < 4.78 is 4.72. The van der Waals surface area contributed by atoms with E-state index < -0.39 is 0 Å². The molecule has 0 radical (unpaired) electrons. The maximum atomic E-state index is 11.7. The second kappa shape index (κ2) is 5.84. The van der Waals surface area contributed by atoms with Crippen molar-refractivity contribution in [2.45, 2.75) is 13.0 Å². The third-order valence-electron chi connectivity index (χ3n) is 3.34. The summed E-state index contributed by atoms with van der Waals surface area (Å²) in [7, 11) is 1.36. The maximum Gasteiger partial charge on any atom is 0.337 e. The molecule has 1 atom stereocenters. The highest BCUT2D eigenvalue weighted by molar-refractivity contribution is 5.89. The zero-order chi connectivity index (χ0) is 13.8. The number of benzene rings is 1. The van der Waals surface area contributed by atoms with Crippen LogP contribution in [-0.4, -0.2) is 43.5 Å². The van der Waals surface area contributed by atoms with Crippen molar-refractivity contribution >= 4 is 11.9 Å². The van der Waals surface area contributed by atoms with Crippen LogP contribution in [0, 0.1) is 0 Å². The molecule has 0 unspecified atom stereocenters. The van der Waals surface area contributed by atoms with Crippen LogP contribution in [-0.2, 0) is 9.53 Å². The van der Waals surface area contributed by atoms with Crippen LogP contribution in [0.4, 0.5) is 0 Å². The largest absolute Gasteiger partial charge is 0.465 e. The predicted molar refractivity (Wildman–Crippen MR) is 70.8 cm³/mol. The number of hydrogen-bond donors (Lipinski definition) is 1. The lowest BCUT2D eigenvalue weighted by Crippen LogP contribution is -2.47. The fourth-order valence-electron chi connectivity index (χ4n) is 2.37. The van der Waals surface area contributed by atoms with Crippen LogP contribution >= 0.6 is 0 Å². The van der Waals surface area contributed by atoms with Crippen LogP contribution in [0.15, 0.2) is 24.3 Å². The Morgan fingerprint density at radius 1 is 1.42 bits per heavy atom. The van der Waals surface area contributed by atoms with E-state index in [9.17, 15) is 9.59 Å². The number of esters is 1. The molecule has 1 N–H and O–H groups in total. The summed E-state index contributed by atoms with van der Waals surface area (Å²) in [5.41, 5.74) is 1.46. The molecule has 1 aliphatic heterocycles. The molecule has 5 nitrogen and oxygen atoms in total. The van der Waals surface area contributed by atoms with E-state index in [2.05, 4.69) is 5.32 Å². The highest BCUT2D eigenvalue weighted by Gasteiger charge is 2.26. The second-order valence-electron chi connectivity index (χ2n) is 4.55. The molecule has 0 saturated carbocycles. The number of carbonyl (C=O) groups is 2. The average molecular weight is 262 g/mol. The van der Waals surface area contributed by atoms with E-state index >= 15 is 0 Å². The van der Waals surface area contributed by atoms with E-state index in [4.69, 9.17) is 4.74 Å².